The highest BCUT2D eigenvalue weighted by Gasteiger charge is 2.39. The van der Waals surface area contributed by atoms with Gasteiger partial charge in [-0.05, 0) is 42.5 Å². The fourth-order valence-electron chi connectivity index (χ4n) is 4.47. The Kier molecular flexibility index (Phi) is 10.8. The van der Waals surface area contributed by atoms with E-state index in [1.165, 1.54) is 30.4 Å². The van der Waals surface area contributed by atoms with Crippen LogP contribution in [0.25, 0.3) is 0 Å². The van der Waals surface area contributed by atoms with Crippen LogP contribution in [0.3, 0.4) is 0 Å². The van der Waals surface area contributed by atoms with Crippen LogP contribution in [-0.4, -0.2) is 86.9 Å². The molecule has 0 spiro atoms. The monoisotopic (exact) mass is 814 g/mol. The van der Waals surface area contributed by atoms with E-state index in [0.29, 0.717) is 40.3 Å². The number of primary amides is 2. The zero-order chi connectivity index (χ0) is 39.8. The second-order valence-electron chi connectivity index (χ2n) is 10.3. The van der Waals surface area contributed by atoms with E-state index < -0.39 is 118 Å². The summed E-state index contributed by atoms with van der Waals surface area (Å²) < 4.78 is 131. The molecule has 0 saturated carbocycles. The van der Waals surface area contributed by atoms with Crippen LogP contribution in [0.1, 0.15) is 0 Å². The standard InChI is InChI=1S/C27H22N6O16S4/c28-24(34)22-18(26(36)32(30-22)14-10-16(51(41,42)43)12-17(11-14)52(44,45)46)6-4-2-1-3-5-7-19-23(25(29)35)31-33(27(19)37)20-9-8-15(50(38,39)40)13-21(20)53(47,48)49/h1-13,18H,(H2,28,34)(H2,29,35)(H,38,39,40)(H,41,42,43)(H,44,45,46)(H,47,48,49)/b2-1+,5-3+,6-4+,19-7-. The Morgan fingerprint density at radius 1 is 0.660 bits per heavy atom. The molecule has 1 atom stereocenters. The minimum Gasteiger partial charge on any atom is -0.364 e. The molecule has 0 aliphatic carbocycles. The van der Waals surface area contributed by atoms with Crippen molar-refractivity contribution >= 4 is 86.9 Å². The molecule has 2 aliphatic rings. The Morgan fingerprint density at radius 3 is 1.72 bits per heavy atom. The van der Waals surface area contributed by atoms with Crippen molar-refractivity contribution in [3.8, 4) is 0 Å². The van der Waals surface area contributed by atoms with E-state index in [9.17, 15) is 71.1 Å². The molecule has 0 radical (unpaired) electrons. The minimum atomic E-state index is -5.23. The first-order valence-electron chi connectivity index (χ1n) is 13.7. The van der Waals surface area contributed by atoms with Crippen molar-refractivity contribution < 1.29 is 71.1 Å². The number of amides is 4. The van der Waals surface area contributed by atoms with Crippen LogP contribution in [0.15, 0.2) is 114 Å². The van der Waals surface area contributed by atoms with Crippen LogP contribution in [0.5, 0.6) is 0 Å². The Balaban J connectivity index is 1.58. The van der Waals surface area contributed by atoms with Crippen molar-refractivity contribution in [3.63, 3.8) is 0 Å². The van der Waals surface area contributed by atoms with Crippen molar-refractivity contribution in [2.24, 2.45) is 27.6 Å². The Hall–Kier alpha value is -5.74. The highest BCUT2D eigenvalue weighted by atomic mass is 32.2. The van der Waals surface area contributed by atoms with Crippen LogP contribution >= 0.6 is 0 Å². The average molecular weight is 815 g/mol. The Morgan fingerprint density at radius 2 is 1.21 bits per heavy atom. The maximum Gasteiger partial charge on any atom is 0.296 e. The number of hydrazone groups is 2. The lowest BCUT2D eigenvalue weighted by molar-refractivity contribution is -0.119. The molecule has 1 unspecified atom stereocenters. The summed E-state index contributed by atoms with van der Waals surface area (Å²) in [6.07, 6.45) is 8.37. The van der Waals surface area contributed by atoms with Gasteiger partial charge in [-0.2, -0.15) is 53.9 Å². The second-order valence-corrected chi connectivity index (χ2v) is 16.0. The molecule has 0 aromatic heterocycles. The molecule has 8 N–H and O–H groups in total. The summed E-state index contributed by atoms with van der Waals surface area (Å²) >= 11 is 0. The number of anilines is 2. The van der Waals surface area contributed by atoms with Crippen molar-refractivity contribution in [1.29, 1.82) is 0 Å². The first-order chi connectivity index (χ1) is 24.3. The maximum atomic E-state index is 13.2. The van der Waals surface area contributed by atoms with Crippen molar-refractivity contribution in [2.75, 3.05) is 10.0 Å². The topological polar surface area (TPSA) is 369 Å². The summed E-state index contributed by atoms with van der Waals surface area (Å²) in [4.78, 5) is 46.2. The van der Waals surface area contributed by atoms with Crippen LogP contribution in [0, 0.1) is 5.92 Å². The molecular weight excluding hydrogens is 793 g/mol. The number of rotatable bonds is 12. The van der Waals surface area contributed by atoms with Crippen LogP contribution < -0.4 is 21.5 Å². The fraction of sp³-hybridized carbons (Fsp3) is 0.0370. The van der Waals surface area contributed by atoms with E-state index in [1.807, 2.05) is 0 Å². The quantitative estimate of drug-likeness (QED) is 0.0846. The molecule has 280 valence electrons. The summed E-state index contributed by atoms with van der Waals surface area (Å²) in [5.74, 6) is -6.13. The molecule has 26 heteroatoms. The molecular formula is C27H22N6O16S4. The third-order valence-electron chi connectivity index (χ3n) is 6.79. The van der Waals surface area contributed by atoms with Gasteiger partial charge in [0.05, 0.1) is 31.6 Å². The third kappa shape index (κ3) is 8.84. The van der Waals surface area contributed by atoms with Gasteiger partial charge >= 0.3 is 0 Å². The molecule has 0 fully saturated rings. The first kappa shape index (κ1) is 40.0. The number of benzene rings is 2. The van der Waals surface area contributed by atoms with Gasteiger partial charge in [-0.25, -0.2) is 0 Å². The molecule has 2 aromatic rings. The van der Waals surface area contributed by atoms with Crippen molar-refractivity contribution in [3.05, 3.63) is 84.5 Å². The number of hydrogen-bond acceptors (Lipinski definition) is 14. The van der Waals surface area contributed by atoms with Gasteiger partial charge in [0.15, 0.2) is 5.71 Å². The zero-order valence-corrected chi connectivity index (χ0v) is 29.1. The lowest BCUT2D eigenvalue weighted by Crippen LogP contribution is -2.31. The van der Waals surface area contributed by atoms with Crippen molar-refractivity contribution in [1.82, 2.24) is 0 Å². The van der Waals surface area contributed by atoms with E-state index in [-0.39, 0.29) is 0 Å². The zero-order valence-electron chi connectivity index (χ0n) is 25.8. The molecule has 53 heavy (non-hydrogen) atoms. The average Bonchev–Trinajstić information content (AvgIpc) is 3.54. The largest absolute Gasteiger partial charge is 0.364 e. The van der Waals surface area contributed by atoms with Gasteiger partial charge in [0.25, 0.3) is 64.1 Å². The smallest absolute Gasteiger partial charge is 0.296 e. The van der Waals surface area contributed by atoms with Gasteiger partial charge in [0.2, 0.25) is 0 Å². The van der Waals surface area contributed by atoms with Crippen LogP contribution in [-0.2, 0) is 59.7 Å². The van der Waals surface area contributed by atoms with E-state index in [2.05, 4.69) is 10.2 Å². The maximum absolute atomic E-state index is 13.2. The lowest BCUT2D eigenvalue weighted by atomic mass is 10.0. The van der Waals surface area contributed by atoms with Gasteiger partial charge in [0, 0.05) is 0 Å². The molecule has 4 amide bonds. The number of hydrogen-bond donors (Lipinski definition) is 6. The van der Waals surface area contributed by atoms with E-state index in [0.717, 1.165) is 18.2 Å². The van der Waals surface area contributed by atoms with Gasteiger partial charge in [-0.15, -0.1) is 0 Å². The SMILES string of the molecule is NC(=O)C1=NN(c2ccc(S(=O)(=O)O)cc2S(=O)(=O)O)C(=O)\C1=C/C=C/C=C/C=C/C1C(=O)N(c2cc(S(=O)(=O)O)cc(S(=O)(=O)O)c2)N=C1C(N)=O. The predicted octanol–water partition coefficient (Wildman–Crippen LogP) is -1.04. The normalized spacial score (nSPS) is 18.2. The number of allylic oxidation sites excluding steroid dienone is 6. The van der Waals surface area contributed by atoms with Gasteiger partial charge in [-0.3, -0.25) is 37.4 Å². The molecule has 2 aromatic carbocycles. The Labute approximate surface area is 298 Å². The summed E-state index contributed by atoms with van der Waals surface area (Å²) in [5.41, 5.74) is 7.62. The predicted molar refractivity (Wildman–Crippen MR) is 179 cm³/mol. The van der Waals surface area contributed by atoms with Gasteiger partial charge < -0.3 is 11.5 Å². The van der Waals surface area contributed by atoms with E-state index >= 15 is 0 Å². The number of carbonyl (C=O) groups excluding carboxylic acids is 4. The molecule has 4 rings (SSSR count). The highest BCUT2D eigenvalue weighted by molar-refractivity contribution is 7.87. The second kappa shape index (κ2) is 14.4. The van der Waals surface area contributed by atoms with Crippen molar-refractivity contribution in [2.45, 2.75) is 19.6 Å². The Bertz CT molecular complexity index is 2580. The molecule has 2 heterocycles. The fourth-order valence-corrected chi connectivity index (χ4v) is 6.91. The van der Waals surface area contributed by atoms with E-state index in [1.54, 1.807) is 0 Å². The molecule has 2 aliphatic heterocycles. The number of nitrogens with zero attached hydrogens (tertiary/aromatic N) is 4. The summed E-state index contributed by atoms with van der Waals surface area (Å²) in [6, 6.07) is 3.46. The minimum absolute atomic E-state index is 0.345. The number of nitrogens with two attached hydrogens (primary N) is 2. The lowest BCUT2D eigenvalue weighted by Gasteiger charge is -2.15. The molecule has 0 saturated heterocycles. The van der Waals surface area contributed by atoms with Crippen LogP contribution in [0.4, 0.5) is 11.4 Å². The summed E-state index contributed by atoms with van der Waals surface area (Å²) in [6.45, 7) is 0. The highest BCUT2D eigenvalue weighted by Crippen LogP contribution is 2.33. The van der Waals surface area contributed by atoms with Gasteiger partial charge in [0.1, 0.15) is 16.5 Å². The van der Waals surface area contributed by atoms with Crippen LogP contribution in [0.2, 0.25) is 0 Å². The number of carbonyl (C=O) groups is 4. The molecule has 0 bridgehead atoms. The summed E-state index contributed by atoms with van der Waals surface area (Å²) in [7, 11) is -20.3. The summed E-state index contributed by atoms with van der Waals surface area (Å²) in [5, 5.41) is 8.19. The molecule has 22 nitrogen and oxygen atoms in total. The van der Waals surface area contributed by atoms with Gasteiger partial charge in [-0.1, -0.05) is 36.5 Å². The first-order valence-corrected chi connectivity index (χ1v) is 19.4. The van der Waals surface area contributed by atoms with E-state index in [4.69, 9.17) is 11.5 Å². The third-order valence-corrected chi connectivity index (χ3v) is 10.2.